The lowest BCUT2D eigenvalue weighted by Gasteiger charge is -2.22. The molecule has 0 N–H and O–H groups in total. The second kappa shape index (κ2) is 3.63. The first-order valence-electron chi connectivity index (χ1n) is 5.57. The maximum Gasteiger partial charge on any atom is 0.149 e. The molecule has 2 fully saturated rings. The summed E-state index contributed by atoms with van der Waals surface area (Å²) < 4.78 is 0. The molecule has 2 aliphatic carbocycles. The molecule has 0 aliphatic heterocycles. The first-order chi connectivity index (χ1) is 7.33. The maximum absolute atomic E-state index is 5.87. The van der Waals surface area contributed by atoms with E-state index in [0.717, 1.165) is 18.3 Å². The quantitative estimate of drug-likeness (QED) is 0.786. The lowest BCUT2D eigenvalue weighted by molar-refractivity contribution is 0.707. The monoisotopic (exact) mass is 223 g/mol. The van der Waals surface area contributed by atoms with Gasteiger partial charge in [0.15, 0.2) is 0 Å². The predicted molar refractivity (Wildman–Crippen MR) is 60.1 cm³/mol. The van der Waals surface area contributed by atoms with Gasteiger partial charge in [0.1, 0.15) is 11.0 Å². The second-order valence-electron chi connectivity index (χ2n) is 4.53. The van der Waals surface area contributed by atoms with Gasteiger partial charge in [-0.3, -0.25) is 4.98 Å². The molecule has 0 aromatic carbocycles. The Kier molecular flexibility index (Phi) is 2.28. The highest BCUT2D eigenvalue weighted by atomic mass is 35.5. The van der Waals surface area contributed by atoms with Crippen LogP contribution in [-0.2, 0) is 0 Å². The Bertz CT molecular complexity index is 361. The molecule has 1 aromatic rings. The van der Waals surface area contributed by atoms with Crippen molar-refractivity contribution in [3.05, 3.63) is 17.5 Å². The van der Waals surface area contributed by atoms with Crippen LogP contribution in [0.2, 0.25) is 5.15 Å². The van der Waals surface area contributed by atoms with Crippen LogP contribution in [0.25, 0.3) is 0 Å². The van der Waals surface area contributed by atoms with Gasteiger partial charge in [-0.15, -0.1) is 0 Å². The number of nitrogens with zero attached hydrogens (tertiary/aromatic N) is 3. The van der Waals surface area contributed by atoms with Crippen molar-refractivity contribution >= 4 is 17.4 Å². The van der Waals surface area contributed by atoms with Gasteiger partial charge in [-0.2, -0.15) is 0 Å². The summed E-state index contributed by atoms with van der Waals surface area (Å²) in [7, 11) is 0. The number of halogens is 1. The van der Waals surface area contributed by atoms with E-state index in [9.17, 15) is 0 Å². The van der Waals surface area contributed by atoms with E-state index in [1.54, 1.807) is 6.20 Å². The van der Waals surface area contributed by atoms with Crippen molar-refractivity contribution < 1.29 is 0 Å². The number of rotatable bonds is 4. The van der Waals surface area contributed by atoms with Crippen molar-refractivity contribution in [3.63, 3.8) is 0 Å². The fourth-order valence-electron chi connectivity index (χ4n) is 1.87. The third-order valence-corrected chi connectivity index (χ3v) is 3.21. The van der Waals surface area contributed by atoms with E-state index in [1.807, 2.05) is 6.20 Å². The van der Waals surface area contributed by atoms with Crippen LogP contribution in [-0.4, -0.2) is 22.6 Å². The van der Waals surface area contributed by atoms with Gasteiger partial charge in [0.25, 0.3) is 0 Å². The van der Waals surface area contributed by atoms with E-state index >= 15 is 0 Å². The Balaban J connectivity index is 1.80. The number of hydrogen-bond donors (Lipinski definition) is 0. The fourth-order valence-corrected chi connectivity index (χ4v) is 2.01. The summed E-state index contributed by atoms with van der Waals surface area (Å²) in [5.74, 6) is 1.84. The molecule has 3 nitrogen and oxygen atoms in total. The zero-order chi connectivity index (χ0) is 10.3. The summed E-state index contributed by atoms with van der Waals surface area (Å²) in [6.45, 7) is 1.14. The minimum atomic E-state index is 0.494. The normalized spacial score (nSPS) is 20.3. The molecule has 0 unspecified atom stereocenters. The topological polar surface area (TPSA) is 29.0 Å². The Morgan fingerprint density at radius 1 is 1.27 bits per heavy atom. The maximum atomic E-state index is 5.87. The minimum absolute atomic E-state index is 0.494. The molecule has 1 heterocycles. The molecule has 0 amide bonds. The van der Waals surface area contributed by atoms with Crippen molar-refractivity contribution in [1.29, 1.82) is 0 Å². The van der Waals surface area contributed by atoms with Crippen molar-refractivity contribution in [2.24, 2.45) is 5.92 Å². The first kappa shape index (κ1) is 9.40. The van der Waals surface area contributed by atoms with Gasteiger partial charge in [0.2, 0.25) is 0 Å². The molecule has 2 aliphatic rings. The Hall–Kier alpha value is -0.830. The van der Waals surface area contributed by atoms with Crippen LogP contribution < -0.4 is 4.90 Å². The largest absolute Gasteiger partial charge is 0.352 e. The van der Waals surface area contributed by atoms with Crippen LogP contribution >= 0.6 is 11.6 Å². The fraction of sp³-hybridized carbons (Fsp3) is 0.636. The Labute approximate surface area is 94.5 Å². The van der Waals surface area contributed by atoms with Gasteiger partial charge in [-0.25, -0.2) is 4.98 Å². The van der Waals surface area contributed by atoms with Crippen LogP contribution in [0, 0.1) is 5.92 Å². The SMILES string of the molecule is Clc1cncc(N(CC2CC2)C2CC2)n1. The van der Waals surface area contributed by atoms with Crippen molar-refractivity contribution in [3.8, 4) is 0 Å². The summed E-state index contributed by atoms with van der Waals surface area (Å²) >= 11 is 5.87. The third kappa shape index (κ3) is 2.23. The standard InChI is InChI=1S/C11H14ClN3/c12-10-5-13-6-11(14-10)15(9-3-4-9)7-8-1-2-8/h5-6,8-9H,1-4,7H2. The lowest BCUT2D eigenvalue weighted by Crippen LogP contribution is -2.29. The van der Waals surface area contributed by atoms with E-state index in [2.05, 4.69) is 14.9 Å². The minimum Gasteiger partial charge on any atom is -0.352 e. The number of aromatic nitrogens is 2. The Morgan fingerprint density at radius 2 is 2.07 bits per heavy atom. The van der Waals surface area contributed by atoms with Crippen LogP contribution in [0.4, 0.5) is 5.82 Å². The van der Waals surface area contributed by atoms with Crippen LogP contribution in [0.15, 0.2) is 12.4 Å². The molecule has 15 heavy (non-hydrogen) atoms. The molecule has 2 saturated carbocycles. The average molecular weight is 224 g/mol. The molecule has 80 valence electrons. The van der Waals surface area contributed by atoms with Gasteiger partial charge >= 0.3 is 0 Å². The molecule has 0 bridgehead atoms. The summed E-state index contributed by atoms with van der Waals surface area (Å²) in [5, 5.41) is 0.494. The van der Waals surface area contributed by atoms with Crippen LogP contribution in [0.5, 0.6) is 0 Å². The summed E-state index contributed by atoms with van der Waals surface area (Å²) in [5.41, 5.74) is 0. The zero-order valence-electron chi connectivity index (χ0n) is 8.56. The molecule has 0 spiro atoms. The smallest absolute Gasteiger partial charge is 0.149 e. The predicted octanol–water partition coefficient (Wildman–Crippen LogP) is 2.51. The molecule has 1 aromatic heterocycles. The van der Waals surface area contributed by atoms with Gasteiger partial charge in [-0.1, -0.05) is 11.6 Å². The Morgan fingerprint density at radius 3 is 2.67 bits per heavy atom. The van der Waals surface area contributed by atoms with E-state index in [0.29, 0.717) is 11.2 Å². The van der Waals surface area contributed by atoms with E-state index in [-0.39, 0.29) is 0 Å². The number of hydrogen-bond acceptors (Lipinski definition) is 3. The first-order valence-corrected chi connectivity index (χ1v) is 5.95. The van der Waals surface area contributed by atoms with Gasteiger partial charge in [0.05, 0.1) is 12.4 Å². The summed E-state index contributed by atoms with van der Waals surface area (Å²) in [6.07, 6.45) is 8.75. The van der Waals surface area contributed by atoms with E-state index in [1.165, 1.54) is 25.7 Å². The van der Waals surface area contributed by atoms with Gasteiger partial charge in [-0.05, 0) is 31.6 Å². The molecule has 0 radical (unpaired) electrons. The average Bonchev–Trinajstić information content (AvgIpc) is 3.08. The summed E-state index contributed by atoms with van der Waals surface area (Å²) in [4.78, 5) is 10.8. The highest BCUT2D eigenvalue weighted by molar-refractivity contribution is 6.29. The summed E-state index contributed by atoms with van der Waals surface area (Å²) in [6, 6.07) is 0.693. The molecular formula is C11H14ClN3. The second-order valence-corrected chi connectivity index (χ2v) is 4.91. The van der Waals surface area contributed by atoms with Crippen LogP contribution in [0.3, 0.4) is 0 Å². The number of anilines is 1. The highest BCUT2D eigenvalue weighted by Crippen LogP contribution is 2.36. The lowest BCUT2D eigenvalue weighted by atomic mass is 10.3. The molecule has 0 saturated heterocycles. The van der Waals surface area contributed by atoms with Crippen molar-refractivity contribution in [2.75, 3.05) is 11.4 Å². The third-order valence-electron chi connectivity index (χ3n) is 3.03. The molecular weight excluding hydrogens is 210 g/mol. The van der Waals surface area contributed by atoms with Crippen molar-refractivity contribution in [2.45, 2.75) is 31.7 Å². The molecule has 0 atom stereocenters. The molecule has 3 rings (SSSR count). The van der Waals surface area contributed by atoms with Crippen molar-refractivity contribution in [1.82, 2.24) is 9.97 Å². The van der Waals surface area contributed by atoms with E-state index in [4.69, 9.17) is 11.6 Å². The van der Waals surface area contributed by atoms with Gasteiger partial charge in [0, 0.05) is 12.6 Å². The van der Waals surface area contributed by atoms with Gasteiger partial charge < -0.3 is 4.90 Å². The molecule has 4 heteroatoms. The highest BCUT2D eigenvalue weighted by Gasteiger charge is 2.34. The zero-order valence-corrected chi connectivity index (χ0v) is 9.32. The van der Waals surface area contributed by atoms with Crippen LogP contribution in [0.1, 0.15) is 25.7 Å². The van der Waals surface area contributed by atoms with E-state index < -0.39 is 0 Å².